The first kappa shape index (κ1) is 13.5. The Morgan fingerprint density at radius 2 is 2.12 bits per heavy atom. The van der Waals surface area contributed by atoms with Crippen LogP contribution in [0.2, 0.25) is 0 Å². The SMILES string of the molecule is O=[PH](O)CCPc1ccccc1C1CP1(=O)O. The Bertz CT molecular complexity index is 488. The molecule has 4 unspecified atom stereocenters. The lowest BCUT2D eigenvalue weighted by molar-refractivity contribution is 0.499. The third kappa shape index (κ3) is 3.50. The number of hydrogen-bond donors (Lipinski definition) is 2. The van der Waals surface area contributed by atoms with Crippen molar-refractivity contribution in [2.45, 2.75) is 5.66 Å². The maximum absolute atomic E-state index is 11.5. The van der Waals surface area contributed by atoms with Gasteiger partial charge < -0.3 is 9.79 Å². The van der Waals surface area contributed by atoms with Crippen LogP contribution in [0.5, 0.6) is 0 Å². The van der Waals surface area contributed by atoms with Crippen LogP contribution >= 0.6 is 24.0 Å². The van der Waals surface area contributed by atoms with Gasteiger partial charge in [0.15, 0.2) is 8.03 Å². The summed E-state index contributed by atoms with van der Waals surface area (Å²) in [6, 6.07) is 7.61. The van der Waals surface area contributed by atoms with Gasteiger partial charge in [0.2, 0.25) is 7.37 Å². The molecule has 2 N–H and O–H groups in total. The number of rotatable bonds is 5. The highest BCUT2D eigenvalue weighted by molar-refractivity contribution is 7.66. The van der Waals surface area contributed by atoms with Crippen molar-refractivity contribution in [3.63, 3.8) is 0 Å². The third-order valence-electron chi connectivity index (χ3n) is 2.76. The lowest BCUT2D eigenvalue weighted by Crippen LogP contribution is -2.04. The predicted molar refractivity (Wildman–Crippen MR) is 72.8 cm³/mol. The highest BCUT2D eigenvalue weighted by atomic mass is 31.2. The summed E-state index contributed by atoms with van der Waals surface area (Å²) in [5.41, 5.74) is 0.756. The molecule has 2 rings (SSSR count). The molecule has 0 aliphatic carbocycles. The number of benzene rings is 1. The molecule has 1 aliphatic heterocycles. The van der Waals surface area contributed by atoms with Gasteiger partial charge in [-0.3, -0.25) is 9.13 Å². The van der Waals surface area contributed by atoms with E-state index in [1.165, 1.54) is 0 Å². The minimum absolute atomic E-state index is 0.197. The van der Waals surface area contributed by atoms with Crippen LogP contribution in [0.1, 0.15) is 11.2 Å². The maximum atomic E-state index is 11.5. The van der Waals surface area contributed by atoms with Gasteiger partial charge in [-0.1, -0.05) is 32.8 Å². The van der Waals surface area contributed by atoms with Crippen LogP contribution in [0.15, 0.2) is 24.3 Å². The Hall–Kier alpha value is 0.0300. The normalized spacial score (nSPS) is 29.6. The van der Waals surface area contributed by atoms with Gasteiger partial charge in [0.25, 0.3) is 0 Å². The molecule has 4 nitrogen and oxygen atoms in total. The van der Waals surface area contributed by atoms with Gasteiger partial charge in [-0.25, -0.2) is 0 Å². The molecule has 4 atom stereocenters. The van der Waals surface area contributed by atoms with Gasteiger partial charge in [-0.15, -0.1) is 0 Å². The standard InChI is InChI=1S/C10H15O4P3/c11-16(12)6-5-15-9-4-2-1-3-8(9)10-7-17(10,13)14/h1-4,10,15-16H,5-7H2,(H,11,12)(H,13,14). The van der Waals surface area contributed by atoms with E-state index in [1.807, 2.05) is 24.3 Å². The van der Waals surface area contributed by atoms with Gasteiger partial charge in [-0.05, 0) is 17.0 Å². The van der Waals surface area contributed by atoms with Crippen LogP contribution in [0.3, 0.4) is 0 Å². The average Bonchev–Trinajstić information content (AvgIpc) is 2.88. The highest BCUT2D eigenvalue weighted by Gasteiger charge is 2.50. The van der Waals surface area contributed by atoms with Crippen molar-refractivity contribution in [2.24, 2.45) is 0 Å². The first-order valence-electron chi connectivity index (χ1n) is 5.37. The first-order chi connectivity index (χ1) is 8.00. The van der Waals surface area contributed by atoms with Crippen molar-refractivity contribution in [1.29, 1.82) is 0 Å². The molecule has 1 fully saturated rings. The summed E-state index contributed by atoms with van der Waals surface area (Å²) in [5, 5.41) is 1.06. The fraction of sp³-hybridized carbons (Fsp3) is 0.400. The van der Waals surface area contributed by atoms with E-state index in [-0.39, 0.29) is 5.66 Å². The van der Waals surface area contributed by atoms with E-state index in [9.17, 15) is 14.0 Å². The molecule has 0 bridgehead atoms. The van der Waals surface area contributed by atoms with Crippen molar-refractivity contribution >= 4 is 29.3 Å². The van der Waals surface area contributed by atoms with Crippen LogP contribution in [-0.4, -0.2) is 28.3 Å². The van der Waals surface area contributed by atoms with Crippen molar-refractivity contribution < 1.29 is 18.9 Å². The zero-order chi connectivity index (χ0) is 12.5. The van der Waals surface area contributed by atoms with Crippen LogP contribution in [0.4, 0.5) is 0 Å². The van der Waals surface area contributed by atoms with E-state index >= 15 is 0 Å². The highest BCUT2D eigenvalue weighted by Crippen LogP contribution is 2.73. The molecular weight excluding hydrogens is 277 g/mol. The zero-order valence-corrected chi connectivity index (χ0v) is 12.1. The topological polar surface area (TPSA) is 74.6 Å². The summed E-state index contributed by atoms with van der Waals surface area (Å²) >= 11 is 0. The molecule has 1 saturated heterocycles. The summed E-state index contributed by atoms with van der Waals surface area (Å²) in [7, 11) is -4.85. The van der Waals surface area contributed by atoms with Crippen LogP contribution in [0.25, 0.3) is 0 Å². The van der Waals surface area contributed by atoms with Crippen LogP contribution in [0, 0.1) is 0 Å². The van der Waals surface area contributed by atoms with Gasteiger partial charge in [0.05, 0.1) is 5.66 Å². The predicted octanol–water partition coefficient (Wildman–Crippen LogP) is 1.78. The quantitative estimate of drug-likeness (QED) is 0.811. The molecule has 1 heterocycles. The van der Waals surface area contributed by atoms with Gasteiger partial charge >= 0.3 is 0 Å². The zero-order valence-electron chi connectivity index (χ0n) is 9.17. The van der Waals surface area contributed by atoms with E-state index in [2.05, 4.69) is 0 Å². The number of hydrogen-bond acceptors (Lipinski definition) is 2. The molecule has 0 amide bonds. The van der Waals surface area contributed by atoms with E-state index < -0.39 is 15.4 Å². The maximum Gasteiger partial charge on any atom is 0.209 e. The fourth-order valence-electron chi connectivity index (χ4n) is 1.77. The minimum atomic E-state index is -2.90. The van der Waals surface area contributed by atoms with Crippen LogP contribution in [-0.2, 0) is 9.13 Å². The lowest BCUT2D eigenvalue weighted by Gasteiger charge is -2.07. The Morgan fingerprint density at radius 1 is 1.47 bits per heavy atom. The molecule has 17 heavy (non-hydrogen) atoms. The van der Waals surface area contributed by atoms with Crippen molar-refractivity contribution in [1.82, 2.24) is 0 Å². The molecule has 0 saturated carbocycles. The molecule has 1 aliphatic rings. The van der Waals surface area contributed by atoms with Crippen molar-refractivity contribution in [3.05, 3.63) is 29.8 Å². The smallest absolute Gasteiger partial charge is 0.209 e. The molecular formula is C10H15O4P3. The second-order valence-corrected chi connectivity index (χ2v) is 9.29. The molecule has 0 aromatic heterocycles. The largest absolute Gasteiger partial charge is 0.346 e. The Balaban J connectivity index is 2.07. The summed E-state index contributed by atoms with van der Waals surface area (Å²) in [5.74, 6) is 0. The molecule has 94 valence electrons. The lowest BCUT2D eigenvalue weighted by atomic mass is 10.2. The van der Waals surface area contributed by atoms with Gasteiger partial charge in [0, 0.05) is 12.3 Å². The Kier molecular flexibility index (Phi) is 4.23. The summed E-state index contributed by atoms with van der Waals surface area (Å²) in [4.78, 5) is 18.2. The van der Waals surface area contributed by atoms with E-state index in [4.69, 9.17) is 4.89 Å². The minimum Gasteiger partial charge on any atom is -0.346 e. The van der Waals surface area contributed by atoms with E-state index in [0.29, 0.717) is 27.1 Å². The van der Waals surface area contributed by atoms with Crippen molar-refractivity contribution in [2.75, 3.05) is 18.5 Å². The molecule has 7 heteroatoms. The fourth-order valence-corrected chi connectivity index (χ4v) is 5.87. The van der Waals surface area contributed by atoms with Crippen molar-refractivity contribution in [3.8, 4) is 0 Å². The molecule has 1 aromatic rings. The third-order valence-corrected chi connectivity index (χ3v) is 7.13. The molecule has 0 radical (unpaired) electrons. The molecule has 1 aromatic carbocycles. The van der Waals surface area contributed by atoms with E-state index in [0.717, 1.165) is 10.9 Å². The van der Waals surface area contributed by atoms with Crippen LogP contribution < -0.4 is 5.30 Å². The second kappa shape index (κ2) is 5.34. The Morgan fingerprint density at radius 3 is 2.71 bits per heavy atom. The Labute approximate surface area is 103 Å². The monoisotopic (exact) mass is 292 g/mol. The first-order valence-corrected chi connectivity index (χ1v) is 10.0. The second-order valence-electron chi connectivity index (χ2n) is 4.11. The van der Waals surface area contributed by atoms with Gasteiger partial charge in [-0.2, -0.15) is 0 Å². The summed E-state index contributed by atoms with van der Waals surface area (Å²) in [6.07, 6.45) is 1.39. The molecule has 0 spiro atoms. The average molecular weight is 292 g/mol. The van der Waals surface area contributed by atoms with Gasteiger partial charge in [0.1, 0.15) is 0 Å². The summed E-state index contributed by atoms with van der Waals surface area (Å²) < 4.78 is 22.1. The van der Waals surface area contributed by atoms with E-state index in [1.54, 1.807) is 0 Å². The summed E-state index contributed by atoms with van der Waals surface area (Å²) in [6.45, 7) is 0.